The zero-order valence-corrected chi connectivity index (χ0v) is 22.5. The second-order valence-corrected chi connectivity index (χ2v) is 15.3. The third-order valence-electron chi connectivity index (χ3n) is 8.53. The zero-order valence-electron chi connectivity index (χ0n) is 21.6. The molecule has 2 rings (SSSR count). The van der Waals surface area contributed by atoms with Gasteiger partial charge in [-0.2, -0.15) is 0 Å². The van der Waals surface area contributed by atoms with Crippen molar-refractivity contribution in [2.75, 3.05) is 24.6 Å². The van der Waals surface area contributed by atoms with Crippen LogP contribution in [0.5, 0.6) is 0 Å². The van der Waals surface area contributed by atoms with Crippen LogP contribution in [0.3, 0.4) is 0 Å². The Balaban J connectivity index is 0.000000314. The van der Waals surface area contributed by atoms with E-state index in [1.807, 2.05) is 13.8 Å². The minimum absolute atomic E-state index is 0.0880. The molecule has 0 saturated heterocycles. The van der Waals surface area contributed by atoms with E-state index in [2.05, 4.69) is 27.7 Å². The Morgan fingerprint density at radius 1 is 0.903 bits per heavy atom. The van der Waals surface area contributed by atoms with Crippen molar-refractivity contribution >= 4 is 19.0 Å². The molecule has 182 valence electrons. The van der Waals surface area contributed by atoms with Gasteiger partial charge in [-0.1, -0.05) is 67.2 Å². The average molecular weight is 455 g/mol. The number of ketones is 1. The van der Waals surface area contributed by atoms with Crippen LogP contribution in [0, 0.1) is 16.7 Å². The average Bonchev–Trinajstić information content (AvgIpc) is 3.07. The Kier molecular flexibility index (Phi) is 12.3. The second kappa shape index (κ2) is 13.3. The summed E-state index contributed by atoms with van der Waals surface area (Å²) in [5, 5.41) is 10.7. The Morgan fingerprint density at radius 2 is 1.32 bits per heavy atom. The second-order valence-electron chi connectivity index (χ2n) is 10.9. The van der Waals surface area contributed by atoms with E-state index in [1.165, 1.54) is 51.4 Å². The molecule has 0 aromatic heterocycles. The fourth-order valence-corrected chi connectivity index (χ4v) is 11.4. The SMILES string of the molecule is CC1(C)C2CCC1(CC(=O)[O-])C(=O)C2.CCCC[P+](CCCC)(CCCC)CCCC. The lowest BCUT2D eigenvalue weighted by Gasteiger charge is -2.36. The highest BCUT2D eigenvalue weighted by Crippen LogP contribution is 2.65. The topological polar surface area (TPSA) is 57.2 Å². The number of hydrogen-bond acceptors (Lipinski definition) is 3. The zero-order chi connectivity index (χ0) is 23.5. The van der Waals surface area contributed by atoms with Gasteiger partial charge in [-0.15, -0.1) is 0 Å². The van der Waals surface area contributed by atoms with Gasteiger partial charge in [-0.05, 0) is 49.9 Å². The van der Waals surface area contributed by atoms with Crippen molar-refractivity contribution in [3.05, 3.63) is 0 Å². The van der Waals surface area contributed by atoms with E-state index in [4.69, 9.17) is 0 Å². The molecule has 4 heteroatoms. The van der Waals surface area contributed by atoms with Gasteiger partial charge in [0.25, 0.3) is 0 Å². The van der Waals surface area contributed by atoms with Crippen LogP contribution in [0.25, 0.3) is 0 Å². The molecule has 2 fully saturated rings. The maximum Gasteiger partial charge on any atom is 0.140 e. The van der Waals surface area contributed by atoms with Crippen molar-refractivity contribution in [3.63, 3.8) is 0 Å². The maximum atomic E-state index is 11.8. The number of carbonyl (C=O) groups excluding carboxylic acids is 2. The summed E-state index contributed by atoms with van der Waals surface area (Å²) in [6, 6.07) is 0. The van der Waals surface area contributed by atoms with Crippen molar-refractivity contribution < 1.29 is 14.7 Å². The smallest absolute Gasteiger partial charge is 0.140 e. The third kappa shape index (κ3) is 7.28. The van der Waals surface area contributed by atoms with Crippen LogP contribution in [0.4, 0.5) is 0 Å². The molecular weight excluding hydrogens is 403 g/mol. The van der Waals surface area contributed by atoms with Gasteiger partial charge < -0.3 is 9.90 Å². The molecule has 0 radical (unpaired) electrons. The summed E-state index contributed by atoms with van der Waals surface area (Å²) < 4.78 is 0. The maximum absolute atomic E-state index is 11.8. The Morgan fingerprint density at radius 3 is 1.58 bits per heavy atom. The number of fused-ring (bicyclic) bond motifs is 2. The van der Waals surface area contributed by atoms with Gasteiger partial charge in [0.2, 0.25) is 0 Å². The van der Waals surface area contributed by atoms with Crippen LogP contribution < -0.4 is 5.11 Å². The van der Waals surface area contributed by atoms with E-state index in [0.29, 0.717) is 12.3 Å². The monoisotopic (exact) mass is 454 g/mol. The van der Waals surface area contributed by atoms with Crippen LogP contribution >= 0.6 is 7.26 Å². The predicted molar refractivity (Wildman–Crippen MR) is 134 cm³/mol. The number of carboxylic acid groups (broad SMARTS) is 1. The van der Waals surface area contributed by atoms with Gasteiger partial charge in [0.1, 0.15) is 5.78 Å². The van der Waals surface area contributed by atoms with Gasteiger partial charge in [-0.25, -0.2) is 0 Å². The molecule has 2 aliphatic rings. The quantitative estimate of drug-likeness (QED) is 0.274. The molecule has 0 heterocycles. The molecule has 0 aromatic rings. The Hall–Kier alpha value is -0.430. The van der Waals surface area contributed by atoms with Crippen LogP contribution in [-0.4, -0.2) is 36.4 Å². The van der Waals surface area contributed by atoms with E-state index < -0.39 is 18.6 Å². The fourth-order valence-electron chi connectivity index (χ4n) is 6.08. The summed E-state index contributed by atoms with van der Waals surface area (Å²) in [5.41, 5.74) is -0.763. The van der Waals surface area contributed by atoms with Gasteiger partial charge in [0, 0.05) is 31.5 Å². The van der Waals surface area contributed by atoms with Crippen molar-refractivity contribution in [2.45, 2.75) is 119 Å². The lowest BCUT2D eigenvalue weighted by molar-refractivity contribution is -0.308. The minimum Gasteiger partial charge on any atom is -0.550 e. The van der Waals surface area contributed by atoms with Crippen LogP contribution in [0.1, 0.15) is 119 Å². The number of unbranched alkanes of at least 4 members (excludes halogenated alkanes) is 4. The number of carbonyl (C=O) groups is 2. The fraction of sp³-hybridized carbons (Fsp3) is 0.926. The highest BCUT2D eigenvalue weighted by molar-refractivity contribution is 7.75. The summed E-state index contributed by atoms with van der Waals surface area (Å²) in [4.78, 5) is 22.5. The first-order chi connectivity index (χ1) is 14.6. The van der Waals surface area contributed by atoms with Gasteiger partial charge in [0.15, 0.2) is 0 Å². The minimum atomic E-state index is -1.09. The van der Waals surface area contributed by atoms with Crippen molar-refractivity contribution in [1.29, 1.82) is 0 Å². The summed E-state index contributed by atoms with van der Waals surface area (Å²) in [6.07, 6.45) is 20.2. The number of rotatable bonds is 14. The Bertz CT molecular complexity index is 519. The molecule has 0 amide bonds. The molecule has 3 nitrogen and oxygen atoms in total. The van der Waals surface area contributed by atoms with E-state index in [1.54, 1.807) is 24.6 Å². The van der Waals surface area contributed by atoms with Crippen molar-refractivity contribution in [1.82, 2.24) is 0 Å². The first kappa shape index (κ1) is 28.6. The third-order valence-corrected chi connectivity index (χ3v) is 13.6. The largest absolute Gasteiger partial charge is 0.550 e. The van der Waals surface area contributed by atoms with E-state index in [0.717, 1.165) is 12.8 Å². The van der Waals surface area contributed by atoms with Gasteiger partial charge in [-0.3, -0.25) is 4.79 Å². The molecule has 2 saturated carbocycles. The lowest BCUT2D eigenvalue weighted by atomic mass is 9.67. The van der Waals surface area contributed by atoms with E-state index >= 15 is 0 Å². The molecule has 0 spiro atoms. The predicted octanol–water partition coefficient (Wildman–Crippen LogP) is 6.73. The van der Waals surface area contributed by atoms with Crippen LogP contribution in [0.15, 0.2) is 0 Å². The molecular formula is C27H51O3P. The summed E-state index contributed by atoms with van der Waals surface area (Å²) >= 11 is 0. The Labute approximate surface area is 193 Å². The molecule has 0 aromatic carbocycles. The first-order valence-corrected chi connectivity index (χ1v) is 15.8. The molecule has 2 unspecified atom stereocenters. The number of aliphatic carboxylic acids is 1. The summed E-state index contributed by atoms with van der Waals surface area (Å²) in [5.74, 6) is -0.564. The number of Topliss-reactive ketones (excluding diaryl/α,β-unsaturated/α-hetero) is 1. The van der Waals surface area contributed by atoms with E-state index in [9.17, 15) is 14.7 Å². The first-order valence-electron chi connectivity index (χ1n) is 13.2. The summed E-state index contributed by atoms with van der Waals surface area (Å²) in [6.45, 7) is 13.5. The molecule has 31 heavy (non-hydrogen) atoms. The molecule has 2 atom stereocenters. The molecule has 0 aliphatic heterocycles. The van der Waals surface area contributed by atoms with Crippen molar-refractivity contribution in [2.24, 2.45) is 16.7 Å². The standard InChI is InChI=1S/C16H36P.C11H16O3/c1-5-9-13-17(14-10-6-2,15-11-7-3)16-12-8-4;1-10(2)7-3-4-11(10,6-9(13)14)8(12)5-7/h5-16H2,1-4H3;7H,3-6H2,1-2H3,(H,13,14)/q+1;/p-1. The lowest BCUT2D eigenvalue weighted by Crippen LogP contribution is -2.41. The normalized spacial score (nSPS) is 24.2. The molecule has 2 bridgehead atoms. The highest BCUT2D eigenvalue weighted by atomic mass is 31.2. The van der Waals surface area contributed by atoms with Crippen LogP contribution in [0.2, 0.25) is 0 Å². The summed E-state index contributed by atoms with van der Waals surface area (Å²) in [7, 11) is -0.562. The number of carboxylic acids is 1. The highest BCUT2D eigenvalue weighted by Gasteiger charge is 2.63. The molecule has 0 N–H and O–H groups in total. The van der Waals surface area contributed by atoms with Crippen molar-refractivity contribution in [3.8, 4) is 0 Å². The van der Waals surface area contributed by atoms with Gasteiger partial charge >= 0.3 is 0 Å². The number of hydrogen-bond donors (Lipinski definition) is 0. The van der Waals surface area contributed by atoms with Gasteiger partial charge in [0.05, 0.1) is 24.6 Å². The molecule has 2 aliphatic carbocycles. The van der Waals surface area contributed by atoms with E-state index in [-0.39, 0.29) is 17.6 Å². The van der Waals surface area contributed by atoms with Crippen LogP contribution in [-0.2, 0) is 9.59 Å².